The highest BCUT2D eigenvalue weighted by Crippen LogP contribution is 2.26. The zero-order valence-electron chi connectivity index (χ0n) is 9.06. The summed E-state index contributed by atoms with van der Waals surface area (Å²) in [7, 11) is 0. The highest BCUT2D eigenvalue weighted by molar-refractivity contribution is 6.17. The minimum Gasteiger partial charge on any atom is -0.436 e. The van der Waals surface area contributed by atoms with E-state index in [0.29, 0.717) is 11.8 Å². The van der Waals surface area contributed by atoms with Gasteiger partial charge in [-0.05, 0) is 18.2 Å². The van der Waals surface area contributed by atoms with Crippen molar-refractivity contribution in [1.82, 2.24) is 4.98 Å². The third-order valence-corrected chi connectivity index (χ3v) is 2.95. The van der Waals surface area contributed by atoms with Crippen molar-refractivity contribution in [2.45, 2.75) is 5.88 Å². The fraction of sp³-hybridized carbons (Fsp3) is 0.0714. The summed E-state index contributed by atoms with van der Waals surface area (Å²) in [5, 5.41) is 0. The van der Waals surface area contributed by atoms with E-state index < -0.39 is 0 Å². The van der Waals surface area contributed by atoms with Crippen LogP contribution in [0.2, 0.25) is 0 Å². The molecule has 0 spiro atoms. The summed E-state index contributed by atoms with van der Waals surface area (Å²) in [5.74, 6) is 1.07. The molecule has 17 heavy (non-hydrogen) atoms. The zero-order valence-corrected chi connectivity index (χ0v) is 9.82. The Morgan fingerprint density at radius 1 is 1.00 bits per heavy atom. The van der Waals surface area contributed by atoms with Crippen LogP contribution in [0.5, 0.6) is 0 Å². The molecule has 0 bridgehead atoms. The van der Waals surface area contributed by atoms with E-state index in [1.807, 2.05) is 48.5 Å². The van der Waals surface area contributed by atoms with Crippen LogP contribution in [0.3, 0.4) is 0 Å². The molecule has 0 saturated heterocycles. The van der Waals surface area contributed by atoms with Gasteiger partial charge in [0, 0.05) is 11.1 Å². The Hall–Kier alpha value is -1.80. The van der Waals surface area contributed by atoms with Crippen molar-refractivity contribution in [3.05, 3.63) is 54.1 Å². The van der Waals surface area contributed by atoms with Crippen LogP contribution in [0.15, 0.2) is 52.9 Å². The Kier molecular flexibility index (Phi) is 2.57. The van der Waals surface area contributed by atoms with Crippen LogP contribution in [0.4, 0.5) is 0 Å². The van der Waals surface area contributed by atoms with E-state index in [9.17, 15) is 0 Å². The number of halogens is 1. The predicted octanol–water partition coefficient (Wildman–Crippen LogP) is 4.23. The van der Waals surface area contributed by atoms with Crippen molar-refractivity contribution in [3.8, 4) is 11.5 Å². The van der Waals surface area contributed by atoms with Crippen molar-refractivity contribution in [3.63, 3.8) is 0 Å². The molecule has 0 unspecified atom stereocenters. The number of oxazole rings is 1. The summed E-state index contributed by atoms with van der Waals surface area (Å²) >= 11 is 5.87. The fourth-order valence-corrected chi connectivity index (χ4v) is 2.03. The first-order chi connectivity index (χ1) is 8.38. The largest absolute Gasteiger partial charge is 0.436 e. The van der Waals surface area contributed by atoms with E-state index >= 15 is 0 Å². The third kappa shape index (κ3) is 1.81. The van der Waals surface area contributed by atoms with E-state index in [1.54, 1.807) is 0 Å². The van der Waals surface area contributed by atoms with E-state index in [4.69, 9.17) is 16.0 Å². The van der Waals surface area contributed by atoms with Crippen LogP contribution in [0, 0.1) is 0 Å². The lowest BCUT2D eigenvalue weighted by Gasteiger charge is -1.94. The summed E-state index contributed by atoms with van der Waals surface area (Å²) in [4.78, 5) is 4.47. The third-order valence-electron chi connectivity index (χ3n) is 2.66. The fourth-order valence-electron chi connectivity index (χ4n) is 1.82. The summed E-state index contributed by atoms with van der Waals surface area (Å²) in [5.41, 5.74) is 3.58. The van der Waals surface area contributed by atoms with Gasteiger partial charge < -0.3 is 4.42 Å². The summed E-state index contributed by atoms with van der Waals surface area (Å²) in [6.07, 6.45) is 0. The smallest absolute Gasteiger partial charge is 0.227 e. The molecular formula is C14H10ClNO. The van der Waals surface area contributed by atoms with Gasteiger partial charge in [0.1, 0.15) is 5.52 Å². The van der Waals surface area contributed by atoms with Gasteiger partial charge in [0.15, 0.2) is 5.58 Å². The van der Waals surface area contributed by atoms with Gasteiger partial charge in [-0.15, -0.1) is 11.6 Å². The Morgan fingerprint density at radius 2 is 1.82 bits per heavy atom. The maximum Gasteiger partial charge on any atom is 0.227 e. The molecule has 0 amide bonds. The van der Waals surface area contributed by atoms with Crippen LogP contribution >= 0.6 is 11.6 Å². The molecule has 3 rings (SSSR count). The molecule has 1 aromatic heterocycles. The summed E-state index contributed by atoms with van der Waals surface area (Å²) < 4.78 is 5.78. The molecule has 0 N–H and O–H groups in total. The SMILES string of the molecule is ClCc1cccc2nc(-c3ccccc3)oc12. The first-order valence-corrected chi connectivity index (χ1v) is 5.92. The standard InChI is InChI=1S/C14H10ClNO/c15-9-11-7-4-8-12-13(11)17-14(16-12)10-5-2-1-3-6-10/h1-8H,9H2. The van der Waals surface area contributed by atoms with Crippen LogP contribution in [0.1, 0.15) is 5.56 Å². The van der Waals surface area contributed by atoms with Crippen molar-refractivity contribution in [2.75, 3.05) is 0 Å². The predicted molar refractivity (Wildman–Crippen MR) is 69.0 cm³/mol. The number of benzene rings is 2. The first kappa shape index (κ1) is 10.4. The molecule has 0 radical (unpaired) electrons. The molecule has 0 aliphatic carbocycles. The number of aromatic nitrogens is 1. The van der Waals surface area contributed by atoms with Gasteiger partial charge in [0.2, 0.25) is 5.89 Å². The van der Waals surface area contributed by atoms with Gasteiger partial charge >= 0.3 is 0 Å². The maximum atomic E-state index is 5.87. The molecule has 3 aromatic rings. The molecule has 0 atom stereocenters. The lowest BCUT2D eigenvalue weighted by atomic mass is 10.2. The monoisotopic (exact) mass is 243 g/mol. The summed E-state index contributed by atoms with van der Waals surface area (Å²) in [6.45, 7) is 0. The lowest BCUT2D eigenvalue weighted by molar-refractivity contribution is 0.617. The van der Waals surface area contributed by atoms with E-state index in [1.165, 1.54) is 0 Å². The van der Waals surface area contributed by atoms with Crippen molar-refractivity contribution in [1.29, 1.82) is 0 Å². The van der Waals surface area contributed by atoms with Crippen molar-refractivity contribution < 1.29 is 4.42 Å². The molecule has 0 fully saturated rings. The topological polar surface area (TPSA) is 26.0 Å². The number of hydrogen-bond acceptors (Lipinski definition) is 2. The average molecular weight is 244 g/mol. The highest BCUT2D eigenvalue weighted by Gasteiger charge is 2.10. The number of fused-ring (bicyclic) bond motifs is 1. The molecule has 2 nitrogen and oxygen atoms in total. The molecule has 84 valence electrons. The van der Waals surface area contributed by atoms with Gasteiger partial charge in [-0.25, -0.2) is 4.98 Å². The Balaban J connectivity index is 2.20. The van der Waals surface area contributed by atoms with Crippen LogP contribution < -0.4 is 0 Å². The lowest BCUT2D eigenvalue weighted by Crippen LogP contribution is -1.77. The second kappa shape index (κ2) is 4.22. The van der Waals surface area contributed by atoms with Gasteiger partial charge in [0.25, 0.3) is 0 Å². The van der Waals surface area contributed by atoms with Gasteiger partial charge in [-0.3, -0.25) is 0 Å². The molecule has 3 heteroatoms. The number of hydrogen-bond donors (Lipinski definition) is 0. The minimum atomic E-state index is 0.431. The second-order valence-electron chi connectivity index (χ2n) is 3.78. The quantitative estimate of drug-likeness (QED) is 0.630. The van der Waals surface area contributed by atoms with E-state index in [-0.39, 0.29) is 0 Å². The molecule has 0 aliphatic rings. The Morgan fingerprint density at radius 3 is 2.59 bits per heavy atom. The van der Waals surface area contributed by atoms with Crippen LogP contribution in [-0.2, 0) is 5.88 Å². The number of para-hydroxylation sites is 1. The van der Waals surface area contributed by atoms with Crippen LogP contribution in [-0.4, -0.2) is 4.98 Å². The maximum absolute atomic E-state index is 5.87. The minimum absolute atomic E-state index is 0.431. The van der Waals surface area contributed by atoms with E-state index in [0.717, 1.165) is 22.2 Å². The van der Waals surface area contributed by atoms with Gasteiger partial charge in [-0.2, -0.15) is 0 Å². The molecule has 2 aromatic carbocycles. The van der Waals surface area contributed by atoms with Crippen molar-refractivity contribution in [2.24, 2.45) is 0 Å². The van der Waals surface area contributed by atoms with Crippen LogP contribution in [0.25, 0.3) is 22.6 Å². The van der Waals surface area contributed by atoms with Crippen molar-refractivity contribution >= 4 is 22.7 Å². The number of alkyl halides is 1. The van der Waals surface area contributed by atoms with Gasteiger partial charge in [-0.1, -0.05) is 30.3 Å². The molecule has 0 saturated carbocycles. The van der Waals surface area contributed by atoms with E-state index in [2.05, 4.69) is 4.98 Å². The average Bonchev–Trinajstić information content (AvgIpc) is 2.83. The molecule has 1 heterocycles. The Labute approximate surface area is 104 Å². The molecular weight excluding hydrogens is 234 g/mol. The zero-order chi connectivity index (χ0) is 11.7. The second-order valence-corrected chi connectivity index (χ2v) is 4.05. The highest BCUT2D eigenvalue weighted by atomic mass is 35.5. The van der Waals surface area contributed by atoms with Gasteiger partial charge in [0.05, 0.1) is 5.88 Å². The number of nitrogens with zero attached hydrogens (tertiary/aromatic N) is 1. The first-order valence-electron chi connectivity index (χ1n) is 5.38. The normalized spacial score (nSPS) is 10.9. The number of rotatable bonds is 2. The summed E-state index contributed by atoms with van der Waals surface area (Å²) in [6, 6.07) is 15.7. The molecule has 0 aliphatic heterocycles. The Bertz CT molecular complexity index is 646.